The molecule has 2 rings (SSSR count). The van der Waals surface area contributed by atoms with Crippen LogP contribution in [0.5, 0.6) is 0 Å². The first-order valence-electron chi connectivity index (χ1n) is 7.64. The minimum absolute atomic E-state index is 0.0712. The van der Waals surface area contributed by atoms with E-state index >= 15 is 0 Å². The van der Waals surface area contributed by atoms with E-state index < -0.39 is 0 Å². The summed E-state index contributed by atoms with van der Waals surface area (Å²) in [6, 6.07) is 8.05. The predicted octanol–water partition coefficient (Wildman–Crippen LogP) is 2.59. The molecule has 1 fully saturated rings. The number of carbonyl (C=O) groups excluding carboxylic acids is 1. The Morgan fingerprint density at radius 3 is 2.76 bits per heavy atom. The van der Waals surface area contributed by atoms with Crippen molar-refractivity contribution in [3.63, 3.8) is 0 Å². The molecule has 1 aromatic rings. The topological polar surface area (TPSA) is 53.2 Å². The van der Waals surface area contributed by atoms with Crippen LogP contribution in [0.3, 0.4) is 0 Å². The van der Waals surface area contributed by atoms with Crippen LogP contribution in [-0.2, 0) is 4.79 Å². The van der Waals surface area contributed by atoms with Crippen molar-refractivity contribution in [1.29, 1.82) is 0 Å². The highest BCUT2D eigenvalue weighted by Crippen LogP contribution is 2.17. The third-order valence-corrected chi connectivity index (χ3v) is 4.21. The van der Waals surface area contributed by atoms with Gasteiger partial charge in [-0.3, -0.25) is 10.2 Å². The van der Waals surface area contributed by atoms with Gasteiger partial charge in [-0.1, -0.05) is 44.0 Å². The van der Waals surface area contributed by atoms with E-state index in [1.54, 1.807) is 0 Å². The van der Waals surface area contributed by atoms with Gasteiger partial charge < -0.3 is 5.32 Å². The number of nitrogens with one attached hydrogen (secondary N) is 3. The summed E-state index contributed by atoms with van der Waals surface area (Å²) in [6.07, 6.45) is 3.08. The lowest BCUT2D eigenvalue weighted by Gasteiger charge is -2.15. The molecule has 1 amide bonds. The lowest BCUT2D eigenvalue weighted by atomic mass is 10.0. The van der Waals surface area contributed by atoms with Crippen molar-refractivity contribution in [2.45, 2.75) is 51.1 Å². The predicted molar refractivity (Wildman–Crippen MR) is 86.2 cm³/mol. The summed E-state index contributed by atoms with van der Waals surface area (Å²) in [7, 11) is 0. The number of hydrogen-bond acceptors (Lipinski definition) is 3. The van der Waals surface area contributed by atoms with Gasteiger partial charge in [0.15, 0.2) is 0 Å². The molecule has 0 aromatic heterocycles. The third kappa shape index (κ3) is 4.70. The number of halogens is 1. The monoisotopic (exact) mass is 309 g/mol. The molecule has 1 heterocycles. The van der Waals surface area contributed by atoms with Crippen molar-refractivity contribution in [3.8, 4) is 0 Å². The Kier molecular flexibility index (Phi) is 6.03. The van der Waals surface area contributed by atoms with Gasteiger partial charge in [0.05, 0.1) is 0 Å². The molecule has 21 heavy (non-hydrogen) atoms. The van der Waals surface area contributed by atoms with Crippen LogP contribution in [-0.4, -0.2) is 24.5 Å². The Morgan fingerprint density at radius 2 is 2.10 bits per heavy atom. The molecule has 0 spiro atoms. The molecule has 0 bridgehead atoms. The summed E-state index contributed by atoms with van der Waals surface area (Å²) >= 11 is 5.88. The summed E-state index contributed by atoms with van der Waals surface area (Å²) in [6.45, 7) is 4.89. The van der Waals surface area contributed by atoms with Crippen molar-refractivity contribution in [3.05, 3.63) is 34.9 Å². The Hall–Kier alpha value is -1.10. The molecular formula is C16H24ClN3O. The lowest BCUT2D eigenvalue weighted by molar-refractivity contribution is -0.122. The van der Waals surface area contributed by atoms with Crippen molar-refractivity contribution in [2.75, 3.05) is 6.54 Å². The fourth-order valence-electron chi connectivity index (χ4n) is 2.62. The molecule has 1 aliphatic heterocycles. The van der Waals surface area contributed by atoms with Crippen molar-refractivity contribution >= 4 is 17.5 Å². The van der Waals surface area contributed by atoms with Crippen LogP contribution in [0.25, 0.3) is 0 Å². The average Bonchev–Trinajstić information content (AvgIpc) is 2.94. The second-order valence-corrected chi connectivity index (χ2v) is 6.20. The van der Waals surface area contributed by atoms with E-state index in [-0.39, 0.29) is 17.9 Å². The number of hydrogen-bond donors (Lipinski definition) is 3. The molecule has 0 aliphatic carbocycles. The van der Waals surface area contributed by atoms with Gasteiger partial charge in [-0.25, -0.2) is 5.43 Å². The molecule has 1 aromatic carbocycles. The van der Waals surface area contributed by atoms with E-state index in [4.69, 9.17) is 11.6 Å². The van der Waals surface area contributed by atoms with E-state index in [1.807, 2.05) is 24.3 Å². The Morgan fingerprint density at radius 1 is 1.38 bits per heavy atom. The molecule has 116 valence electrons. The maximum Gasteiger partial charge on any atom is 0.238 e. The maximum atomic E-state index is 12.2. The van der Waals surface area contributed by atoms with Crippen molar-refractivity contribution < 1.29 is 4.79 Å². The summed E-state index contributed by atoms with van der Waals surface area (Å²) in [5, 5.41) is 3.76. The normalized spacial score (nSPS) is 23.0. The molecule has 5 heteroatoms. The summed E-state index contributed by atoms with van der Waals surface area (Å²) < 4.78 is 0. The van der Waals surface area contributed by atoms with Gasteiger partial charge in [-0.05, 0) is 36.5 Å². The number of rotatable bonds is 6. The second kappa shape index (κ2) is 7.78. The van der Waals surface area contributed by atoms with Gasteiger partial charge in [0, 0.05) is 17.6 Å². The number of amides is 1. The van der Waals surface area contributed by atoms with Crippen LogP contribution < -0.4 is 16.2 Å². The number of hydrazine groups is 1. The summed E-state index contributed by atoms with van der Waals surface area (Å²) in [5.74, 6) is 0.342. The Bertz CT molecular complexity index is 463. The number of carbonyl (C=O) groups is 1. The fourth-order valence-corrected chi connectivity index (χ4v) is 2.74. The third-order valence-electron chi connectivity index (χ3n) is 3.96. The minimum Gasteiger partial charge on any atom is -0.354 e. The van der Waals surface area contributed by atoms with E-state index in [1.165, 1.54) is 5.56 Å². The van der Waals surface area contributed by atoms with Crippen LogP contribution in [0, 0.1) is 0 Å². The first-order chi connectivity index (χ1) is 10.1. The molecule has 0 radical (unpaired) electrons. The van der Waals surface area contributed by atoms with E-state index in [0.717, 1.165) is 24.3 Å². The standard InChI is InChI=1S/C16H24ClN3O/c1-3-4-14-9-15(20-19-14)16(21)18-10-11(2)12-5-7-13(17)8-6-12/h5-8,11,14-15,19-20H,3-4,9-10H2,1-2H3,(H,18,21). The summed E-state index contributed by atoms with van der Waals surface area (Å²) in [5.41, 5.74) is 7.45. The van der Waals surface area contributed by atoms with Gasteiger partial charge in [0.2, 0.25) is 5.91 Å². The van der Waals surface area contributed by atoms with Crippen molar-refractivity contribution in [2.24, 2.45) is 0 Å². The zero-order chi connectivity index (χ0) is 15.2. The molecule has 1 aliphatic rings. The zero-order valence-corrected chi connectivity index (χ0v) is 13.4. The number of benzene rings is 1. The van der Waals surface area contributed by atoms with E-state index in [0.29, 0.717) is 12.6 Å². The maximum absolute atomic E-state index is 12.2. The largest absolute Gasteiger partial charge is 0.354 e. The molecular weight excluding hydrogens is 286 g/mol. The van der Waals surface area contributed by atoms with Gasteiger partial charge in [-0.2, -0.15) is 0 Å². The quantitative estimate of drug-likeness (QED) is 0.757. The highest BCUT2D eigenvalue weighted by molar-refractivity contribution is 6.30. The first-order valence-corrected chi connectivity index (χ1v) is 8.02. The molecule has 4 nitrogen and oxygen atoms in total. The highest BCUT2D eigenvalue weighted by Gasteiger charge is 2.28. The average molecular weight is 310 g/mol. The van der Waals surface area contributed by atoms with Crippen LogP contribution in [0.15, 0.2) is 24.3 Å². The van der Waals surface area contributed by atoms with Gasteiger partial charge in [-0.15, -0.1) is 0 Å². The molecule has 3 N–H and O–H groups in total. The highest BCUT2D eigenvalue weighted by atomic mass is 35.5. The van der Waals surface area contributed by atoms with E-state index in [9.17, 15) is 4.79 Å². The van der Waals surface area contributed by atoms with Gasteiger partial charge >= 0.3 is 0 Å². The Labute approximate surface area is 131 Å². The smallest absolute Gasteiger partial charge is 0.238 e. The zero-order valence-electron chi connectivity index (χ0n) is 12.7. The van der Waals surface area contributed by atoms with Crippen LogP contribution >= 0.6 is 11.6 Å². The molecule has 0 saturated carbocycles. The minimum atomic E-state index is -0.126. The SMILES string of the molecule is CCCC1CC(C(=O)NCC(C)c2ccc(Cl)cc2)NN1. The second-order valence-electron chi connectivity index (χ2n) is 5.76. The summed E-state index contributed by atoms with van der Waals surface area (Å²) in [4.78, 5) is 12.2. The Balaban J connectivity index is 1.77. The van der Waals surface area contributed by atoms with Crippen molar-refractivity contribution in [1.82, 2.24) is 16.2 Å². The van der Waals surface area contributed by atoms with Crippen LogP contribution in [0.1, 0.15) is 44.6 Å². The van der Waals surface area contributed by atoms with Crippen LogP contribution in [0.4, 0.5) is 0 Å². The first kappa shape index (κ1) is 16.3. The molecule has 3 atom stereocenters. The van der Waals surface area contributed by atoms with Gasteiger partial charge in [0.25, 0.3) is 0 Å². The van der Waals surface area contributed by atoms with E-state index in [2.05, 4.69) is 30.0 Å². The molecule has 1 saturated heterocycles. The lowest BCUT2D eigenvalue weighted by Crippen LogP contribution is -2.44. The molecule has 3 unspecified atom stereocenters. The van der Waals surface area contributed by atoms with Crippen LogP contribution in [0.2, 0.25) is 5.02 Å². The fraction of sp³-hybridized carbons (Fsp3) is 0.562. The van der Waals surface area contributed by atoms with Gasteiger partial charge in [0.1, 0.15) is 6.04 Å².